The van der Waals surface area contributed by atoms with E-state index in [1.165, 1.54) is 7.11 Å². The van der Waals surface area contributed by atoms with Crippen molar-refractivity contribution in [3.63, 3.8) is 0 Å². The number of H-pyrrole nitrogens is 1. The molecule has 1 aliphatic rings. The number of carbonyl (C=O) groups is 1. The van der Waals surface area contributed by atoms with Gasteiger partial charge in [0, 0.05) is 24.9 Å². The van der Waals surface area contributed by atoms with Crippen LogP contribution in [0, 0.1) is 11.3 Å². The van der Waals surface area contributed by atoms with Gasteiger partial charge in [0.1, 0.15) is 29.0 Å². The van der Waals surface area contributed by atoms with Gasteiger partial charge in [-0.25, -0.2) is 0 Å². The number of amides is 1. The Labute approximate surface area is 172 Å². The number of nitrogens with zero attached hydrogens (tertiary/aromatic N) is 3. The van der Waals surface area contributed by atoms with Crippen molar-refractivity contribution in [2.24, 2.45) is 0 Å². The molecule has 10 nitrogen and oxygen atoms in total. The summed E-state index contributed by atoms with van der Waals surface area (Å²) in [6, 6.07) is 5.54. The van der Waals surface area contributed by atoms with Crippen LogP contribution in [-0.2, 0) is 4.79 Å². The first-order chi connectivity index (χ1) is 14.4. The third-order valence-corrected chi connectivity index (χ3v) is 4.70. The summed E-state index contributed by atoms with van der Waals surface area (Å²) in [5.41, 5.74) is 1.09. The zero-order chi connectivity index (χ0) is 21.5. The van der Waals surface area contributed by atoms with Gasteiger partial charge in [0.05, 0.1) is 29.4 Å². The molecule has 4 N–H and O–H groups in total. The third kappa shape index (κ3) is 3.20. The molecule has 10 heteroatoms. The Morgan fingerprint density at radius 1 is 1.33 bits per heavy atom. The number of anilines is 4. The number of hydrogen-bond acceptors (Lipinski definition) is 8. The van der Waals surface area contributed by atoms with Gasteiger partial charge < -0.3 is 30.4 Å². The summed E-state index contributed by atoms with van der Waals surface area (Å²) in [4.78, 5) is 24.2. The second kappa shape index (κ2) is 7.11. The number of methoxy groups -OCH3 is 1. The van der Waals surface area contributed by atoms with Gasteiger partial charge in [0.15, 0.2) is 5.60 Å². The van der Waals surface area contributed by atoms with Crippen LogP contribution in [0.25, 0.3) is 11.0 Å². The second-order valence-electron chi connectivity index (χ2n) is 7.20. The average Bonchev–Trinajstić information content (AvgIpc) is 3.12. The zero-order valence-corrected chi connectivity index (χ0v) is 17.0. The predicted molar refractivity (Wildman–Crippen MR) is 112 cm³/mol. The van der Waals surface area contributed by atoms with Crippen molar-refractivity contribution in [3.05, 3.63) is 23.9 Å². The van der Waals surface area contributed by atoms with Gasteiger partial charge in [0.25, 0.3) is 5.91 Å². The maximum Gasteiger partial charge on any atom is 0.268 e. The van der Waals surface area contributed by atoms with Crippen LogP contribution in [0.15, 0.2) is 18.3 Å². The fourth-order valence-corrected chi connectivity index (χ4v) is 3.20. The van der Waals surface area contributed by atoms with Crippen molar-refractivity contribution in [1.82, 2.24) is 15.0 Å². The highest BCUT2D eigenvalue weighted by atomic mass is 16.5. The Bertz CT molecular complexity index is 1190. The van der Waals surface area contributed by atoms with E-state index in [1.54, 1.807) is 32.2 Å². The van der Waals surface area contributed by atoms with Gasteiger partial charge in [-0.1, -0.05) is 0 Å². The summed E-state index contributed by atoms with van der Waals surface area (Å²) >= 11 is 0. The highest BCUT2D eigenvalue weighted by molar-refractivity contribution is 6.01. The number of aromatic amines is 1. The Kier molecular flexibility index (Phi) is 4.58. The Balaban J connectivity index is 1.77. The summed E-state index contributed by atoms with van der Waals surface area (Å²) in [5, 5.41) is 19.1. The van der Waals surface area contributed by atoms with E-state index in [0.29, 0.717) is 57.8 Å². The molecule has 0 bridgehead atoms. The van der Waals surface area contributed by atoms with E-state index in [9.17, 15) is 10.1 Å². The van der Waals surface area contributed by atoms with Crippen LogP contribution in [0.3, 0.4) is 0 Å². The molecule has 1 aromatic carbocycles. The molecule has 3 heterocycles. The number of fused-ring (bicyclic) bond motifs is 2. The molecule has 4 rings (SSSR count). The maximum atomic E-state index is 12.2. The predicted octanol–water partition coefficient (Wildman–Crippen LogP) is 3.12. The Hall–Kier alpha value is -4.00. The van der Waals surface area contributed by atoms with Crippen LogP contribution in [0.1, 0.15) is 26.3 Å². The number of rotatable bonds is 5. The average molecular weight is 407 g/mol. The monoisotopic (exact) mass is 407 g/mol. The molecule has 0 radical (unpaired) electrons. The van der Waals surface area contributed by atoms with E-state index >= 15 is 0 Å². The topological polar surface area (TPSA) is 137 Å². The van der Waals surface area contributed by atoms with Crippen molar-refractivity contribution >= 4 is 40.1 Å². The van der Waals surface area contributed by atoms with Crippen LogP contribution in [0.4, 0.5) is 23.1 Å². The standard InChI is InChI=1S/C20H21N7O3/c1-5-22-16-15-10(8-21)9-23-17(15)27-19(26-16)25-11-7-14-12(6-13(11)29-4)24-18(28)20(2,3)30-14/h6-7,9H,5H2,1-4H3,(H,24,28)(H3,22,23,25,26,27). The molecule has 154 valence electrons. The molecule has 0 aliphatic carbocycles. The normalized spacial score (nSPS) is 14.3. The van der Waals surface area contributed by atoms with E-state index in [0.717, 1.165) is 0 Å². The quantitative estimate of drug-likeness (QED) is 0.506. The minimum absolute atomic E-state index is 0.234. The van der Waals surface area contributed by atoms with Crippen molar-refractivity contribution < 1.29 is 14.3 Å². The molecule has 0 unspecified atom stereocenters. The molecule has 2 aromatic heterocycles. The van der Waals surface area contributed by atoms with Crippen LogP contribution in [-0.4, -0.2) is 40.1 Å². The minimum Gasteiger partial charge on any atom is -0.494 e. The van der Waals surface area contributed by atoms with Crippen molar-refractivity contribution in [2.75, 3.05) is 29.6 Å². The van der Waals surface area contributed by atoms with E-state index in [-0.39, 0.29) is 5.91 Å². The minimum atomic E-state index is -0.996. The molecule has 0 spiro atoms. The number of nitrogens with one attached hydrogen (secondary N) is 4. The lowest BCUT2D eigenvalue weighted by molar-refractivity contribution is -0.129. The third-order valence-electron chi connectivity index (χ3n) is 4.70. The number of benzene rings is 1. The molecule has 30 heavy (non-hydrogen) atoms. The van der Waals surface area contributed by atoms with E-state index in [2.05, 4.69) is 37.0 Å². The zero-order valence-electron chi connectivity index (χ0n) is 17.0. The fourth-order valence-electron chi connectivity index (χ4n) is 3.20. The van der Waals surface area contributed by atoms with E-state index in [1.807, 2.05) is 6.92 Å². The number of carbonyl (C=O) groups excluding carboxylic acids is 1. The van der Waals surface area contributed by atoms with Crippen molar-refractivity contribution in [2.45, 2.75) is 26.4 Å². The summed E-state index contributed by atoms with van der Waals surface area (Å²) in [6.45, 7) is 5.97. The van der Waals surface area contributed by atoms with Gasteiger partial charge in [-0.3, -0.25) is 4.79 Å². The molecule has 0 saturated carbocycles. The van der Waals surface area contributed by atoms with Gasteiger partial charge in [-0.15, -0.1) is 0 Å². The van der Waals surface area contributed by atoms with Gasteiger partial charge >= 0.3 is 0 Å². The lowest BCUT2D eigenvalue weighted by Crippen LogP contribution is -2.45. The second-order valence-corrected chi connectivity index (χ2v) is 7.20. The first kappa shape index (κ1) is 19.3. The summed E-state index contributed by atoms with van der Waals surface area (Å²) in [6.07, 6.45) is 1.60. The molecule has 3 aromatic rings. The van der Waals surface area contributed by atoms with Crippen molar-refractivity contribution in [3.8, 4) is 17.6 Å². The smallest absolute Gasteiger partial charge is 0.268 e. The van der Waals surface area contributed by atoms with Crippen LogP contribution in [0.5, 0.6) is 11.5 Å². The van der Waals surface area contributed by atoms with Crippen LogP contribution < -0.4 is 25.4 Å². The number of hydrogen-bond donors (Lipinski definition) is 4. The van der Waals surface area contributed by atoms with Gasteiger partial charge in [0.2, 0.25) is 5.95 Å². The highest BCUT2D eigenvalue weighted by Gasteiger charge is 2.36. The maximum absolute atomic E-state index is 12.2. The van der Waals surface area contributed by atoms with E-state index < -0.39 is 5.60 Å². The lowest BCUT2D eigenvalue weighted by Gasteiger charge is -2.32. The molecule has 0 saturated heterocycles. The highest BCUT2D eigenvalue weighted by Crippen LogP contribution is 2.41. The van der Waals surface area contributed by atoms with Crippen molar-refractivity contribution in [1.29, 1.82) is 5.26 Å². The summed E-state index contributed by atoms with van der Waals surface area (Å²) < 4.78 is 11.3. The molecule has 0 atom stereocenters. The van der Waals surface area contributed by atoms with E-state index in [4.69, 9.17) is 9.47 Å². The summed E-state index contributed by atoms with van der Waals surface area (Å²) in [5.74, 6) is 1.60. The molecular weight excluding hydrogens is 386 g/mol. The molecule has 1 aliphatic heterocycles. The van der Waals surface area contributed by atoms with Crippen LogP contribution in [0.2, 0.25) is 0 Å². The van der Waals surface area contributed by atoms with Gasteiger partial charge in [-0.2, -0.15) is 15.2 Å². The largest absolute Gasteiger partial charge is 0.494 e. The molecular formula is C20H21N7O3. The number of ether oxygens (including phenoxy) is 2. The van der Waals surface area contributed by atoms with Gasteiger partial charge in [-0.05, 0) is 20.8 Å². The fraction of sp³-hybridized carbons (Fsp3) is 0.300. The number of nitriles is 1. The van der Waals surface area contributed by atoms with Crippen LogP contribution >= 0.6 is 0 Å². The molecule has 0 fully saturated rings. The lowest BCUT2D eigenvalue weighted by atomic mass is 10.1. The Morgan fingerprint density at radius 3 is 2.83 bits per heavy atom. The first-order valence-electron chi connectivity index (χ1n) is 9.39. The Morgan fingerprint density at radius 2 is 2.13 bits per heavy atom. The summed E-state index contributed by atoms with van der Waals surface area (Å²) in [7, 11) is 1.53. The molecule has 1 amide bonds. The first-order valence-corrected chi connectivity index (χ1v) is 9.39. The SMILES string of the molecule is CCNc1nc(Nc2cc3c(cc2OC)NC(=O)C(C)(C)O3)nc2[nH]cc(C#N)c12. The number of aromatic nitrogens is 3.